The lowest BCUT2D eigenvalue weighted by atomic mass is 9.98. The number of amides is 1. The molecule has 1 saturated carbocycles. The molecule has 1 spiro atoms. The fraction of sp³-hybridized carbons (Fsp3) is 0.941. The van der Waals surface area contributed by atoms with Crippen LogP contribution in [0.1, 0.15) is 64.7 Å². The van der Waals surface area contributed by atoms with Crippen LogP contribution in [0.4, 0.5) is 0 Å². The maximum Gasteiger partial charge on any atom is 0.244 e. The Labute approximate surface area is 129 Å². The van der Waals surface area contributed by atoms with Crippen LogP contribution in [-0.2, 0) is 4.79 Å². The highest BCUT2D eigenvalue weighted by atomic mass is 16.2. The third kappa shape index (κ3) is 3.11. The summed E-state index contributed by atoms with van der Waals surface area (Å²) in [6, 6.07) is 0. The Kier molecular flexibility index (Phi) is 4.85. The van der Waals surface area contributed by atoms with E-state index in [1.807, 2.05) is 0 Å². The highest BCUT2D eigenvalue weighted by molar-refractivity contribution is 5.89. The third-order valence-corrected chi connectivity index (χ3v) is 5.61. The summed E-state index contributed by atoms with van der Waals surface area (Å²) in [6.07, 6.45) is 11.1. The van der Waals surface area contributed by atoms with Gasteiger partial charge in [0.05, 0.1) is 11.7 Å². The first-order valence-corrected chi connectivity index (χ1v) is 9.06. The van der Waals surface area contributed by atoms with E-state index in [-0.39, 0.29) is 11.7 Å². The number of hydrogen-bond donors (Lipinski definition) is 1. The Morgan fingerprint density at radius 2 is 1.81 bits per heavy atom. The lowest BCUT2D eigenvalue weighted by molar-refractivity contribution is -0.133. The van der Waals surface area contributed by atoms with Crippen LogP contribution in [0.3, 0.4) is 0 Å². The number of piperidine rings is 1. The summed E-state index contributed by atoms with van der Waals surface area (Å²) < 4.78 is 0. The van der Waals surface area contributed by atoms with E-state index in [0.717, 1.165) is 38.8 Å². The first kappa shape index (κ1) is 15.3. The van der Waals surface area contributed by atoms with Crippen molar-refractivity contribution in [1.29, 1.82) is 0 Å². The van der Waals surface area contributed by atoms with Gasteiger partial charge >= 0.3 is 0 Å². The lowest BCUT2D eigenvalue weighted by Gasteiger charge is -2.30. The molecular formula is C17H31N3O. The zero-order valence-electron chi connectivity index (χ0n) is 13.6. The highest BCUT2D eigenvalue weighted by Gasteiger charge is 2.51. The number of rotatable bonds is 5. The largest absolute Gasteiger partial charge is 0.324 e. The highest BCUT2D eigenvalue weighted by Crippen LogP contribution is 2.37. The summed E-state index contributed by atoms with van der Waals surface area (Å²) in [5.74, 6) is 0.399. The standard InChI is InChI=1S/C17H31N3O/c1-2-8-15-18-17(9-4-5-10-17)16(21)20(15)14-13-19-11-6-3-7-12-19/h15,18H,2-14H2,1H3. The first-order chi connectivity index (χ1) is 10.2. The van der Waals surface area contributed by atoms with Crippen molar-refractivity contribution in [3.63, 3.8) is 0 Å². The van der Waals surface area contributed by atoms with E-state index in [1.54, 1.807) is 0 Å². The van der Waals surface area contributed by atoms with Crippen molar-refractivity contribution >= 4 is 5.91 Å². The van der Waals surface area contributed by atoms with E-state index in [4.69, 9.17) is 0 Å². The molecule has 2 aliphatic heterocycles. The molecule has 3 aliphatic rings. The van der Waals surface area contributed by atoms with Crippen LogP contribution in [0.2, 0.25) is 0 Å². The van der Waals surface area contributed by atoms with Gasteiger partial charge in [0.25, 0.3) is 0 Å². The van der Waals surface area contributed by atoms with Crippen molar-refractivity contribution < 1.29 is 4.79 Å². The molecule has 3 rings (SSSR count). The first-order valence-electron chi connectivity index (χ1n) is 9.06. The molecule has 1 atom stereocenters. The fourth-order valence-electron chi connectivity index (χ4n) is 4.40. The molecule has 2 saturated heterocycles. The number of hydrogen-bond acceptors (Lipinski definition) is 3. The van der Waals surface area contributed by atoms with Gasteiger partial charge in [0.2, 0.25) is 5.91 Å². The molecule has 2 heterocycles. The van der Waals surface area contributed by atoms with Gasteiger partial charge in [-0.15, -0.1) is 0 Å². The second-order valence-electron chi connectivity index (χ2n) is 7.14. The third-order valence-electron chi connectivity index (χ3n) is 5.61. The molecule has 0 aromatic heterocycles. The predicted octanol–water partition coefficient (Wildman–Crippen LogP) is 2.34. The van der Waals surface area contributed by atoms with E-state index in [0.29, 0.717) is 5.91 Å². The van der Waals surface area contributed by atoms with Gasteiger partial charge in [-0.05, 0) is 45.2 Å². The molecule has 1 N–H and O–H groups in total. The van der Waals surface area contributed by atoms with Crippen LogP contribution in [-0.4, -0.2) is 53.6 Å². The predicted molar refractivity (Wildman–Crippen MR) is 85.0 cm³/mol. The minimum absolute atomic E-state index is 0.193. The fourth-order valence-corrected chi connectivity index (χ4v) is 4.40. The Morgan fingerprint density at radius 1 is 1.10 bits per heavy atom. The molecular weight excluding hydrogens is 262 g/mol. The number of carbonyl (C=O) groups is 1. The Bertz CT molecular complexity index is 359. The topological polar surface area (TPSA) is 35.6 Å². The van der Waals surface area contributed by atoms with Crippen LogP contribution in [0, 0.1) is 0 Å². The van der Waals surface area contributed by atoms with Gasteiger partial charge in [0, 0.05) is 13.1 Å². The number of likely N-dealkylation sites (tertiary alicyclic amines) is 1. The molecule has 3 fully saturated rings. The van der Waals surface area contributed by atoms with E-state index in [1.165, 1.54) is 45.2 Å². The van der Waals surface area contributed by atoms with E-state index >= 15 is 0 Å². The molecule has 1 aliphatic carbocycles. The van der Waals surface area contributed by atoms with Crippen LogP contribution in [0.5, 0.6) is 0 Å². The minimum atomic E-state index is -0.193. The van der Waals surface area contributed by atoms with Crippen molar-refractivity contribution in [2.45, 2.75) is 76.4 Å². The smallest absolute Gasteiger partial charge is 0.244 e. The molecule has 120 valence electrons. The number of carbonyl (C=O) groups excluding carboxylic acids is 1. The van der Waals surface area contributed by atoms with Gasteiger partial charge in [-0.25, -0.2) is 0 Å². The second-order valence-corrected chi connectivity index (χ2v) is 7.14. The molecule has 4 nitrogen and oxygen atoms in total. The Balaban J connectivity index is 1.61. The molecule has 1 amide bonds. The van der Waals surface area contributed by atoms with Crippen LogP contribution in [0.25, 0.3) is 0 Å². The van der Waals surface area contributed by atoms with Gasteiger partial charge in [-0.3, -0.25) is 10.1 Å². The molecule has 0 bridgehead atoms. The minimum Gasteiger partial charge on any atom is -0.324 e. The van der Waals surface area contributed by atoms with E-state index in [9.17, 15) is 4.79 Å². The van der Waals surface area contributed by atoms with Crippen LogP contribution < -0.4 is 5.32 Å². The summed E-state index contributed by atoms with van der Waals surface area (Å²) in [5, 5.41) is 3.71. The number of nitrogens with zero attached hydrogens (tertiary/aromatic N) is 2. The SMILES string of the molecule is CCCC1NC2(CCCC2)C(=O)N1CCN1CCCCC1. The van der Waals surface area contributed by atoms with Crippen molar-refractivity contribution in [3.05, 3.63) is 0 Å². The van der Waals surface area contributed by atoms with Gasteiger partial charge < -0.3 is 9.80 Å². The average Bonchev–Trinajstić information content (AvgIpc) is 3.07. The van der Waals surface area contributed by atoms with Gasteiger partial charge in [0.1, 0.15) is 0 Å². The summed E-state index contributed by atoms with van der Waals surface area (Å²) in [4.78, 5) is 17.6. The summed E-state index contributed by atoms with van der Waals surface area (Å²) in [6.45, 7) is 6.63. The lowest BCUT2D eigenvalue weighted by Crippen LogP contribution is -2.45. The maximum absolute atomic E-state index is 12.9. The summed E-state index contributed by atoms with van der Waals surface area (Å²) >= 11 is 0. The van der Waals surface area contributed by atoms with E-state index in [2.05, 4.69) is 22.0 Å². The second kappa shape index (κ2) is 6.66. The maximum atomic E-state index is 12.9. The van der Waals surface area contributed by atoms with Gasteiger partial charge in [0.15, 0.2) is 0 Å². The Morgan fingerprint density at radius 3 is 2.48 bits per heavy atom. The van der Waals surface area contributed by atoms with Crippen LogP contribution in [0.15, 0.2) is 0 Å². The molecule has 0 aromatic rings. The summed E-state index contributed by atoms with van der Waals surface area (Å²) in [5.41, 5.74) is -0.193. The molecule has 0 radical (unpaired) electrons. The zero-order valence-corrected chi connectivity index (χ0v) is 13.6. The Hall–Kier alpha value is -0.610. The zero-order chi connectivity index (χ0) is 14.7. The molecule has 4 heteroatoms. The van der Waals surface area contributed by atoms with Crippen molar-refractivity contribution in [2.75, 3.05) is 26.2 Å². The van der Waals surface area contributed by atoms with Crippen molar-refractivity contribution in [2.24, 2.45) is 0 Å². The monoisotopic (exact) mass is 293 g/mol. The quantitative estimate of drug-likeness (QED) is 0.845. The summed E-state index contributed by atoms with van der Waals surface area (Å²) in [7, 11) is 0. The van der Waals surface area contributed by atoms with E-state index < -0.39 is 0 Å². The van der Waals surface area contributed by atoms with Gasteiger partial charge in [-0.1, -0.05) is 32.6 Å². The van der Waals surface area contributed by atoms with Crippen molar-refractivity contribution in [1.82, 2.24) is 15.1 Å². The van der Waals surface area contributed by atoms with Crippen molar-refractivity contribution in [3.8, 4) is 0 Å². The number of nitrogens with one attached hydrogen (secondary N) is 1. The van der Waals surface area contributed by atoms with Crippen LogP contribution >= 0.6 is 0 Å². The normalized spacial score (nSPS) is 29.7. The average molecular weight is 293 g/mol. The molecule has 21 heavy (non-hydrogen) atoms. The molecule has 0 aromatic carbocycles. The molecule has 1 unspecified atom stereocenters. The van der Waals surface area contributed by atoms with Gasteiger partial charge in [-0.2, -0.15) is 0 Å².